The zero-order valence-corrected chi connectivity index (χ0v) is 9.39. The summed E-state index contributed by atoms with van der Waals surface area (Å²) >= 11 is 0. The van der Waals surface area contributed by atoms with E-state index in [0.29, 0.717) is 0 Å². The van der Waals surface area contributed by atoms with E-state index in [1.807, 2.05) is 12.4 Å². The summed E-state index contributed by atoms with van der Waals surface area (Å²) in [5.74, 6) is 0.775. The minimum absolute atomic E-state index is 0.775. The van der Waals surface area contributed by atoms with E-state index >= 15 is 0 Å². The van der Waals surface area contributed by atoms with Crippen LogP contribution in [0, 0.1) is 5.92 Å². The van der Waals surface area contributed by atoms with Crippen LogP contribution in [0.1, 0.15) is 12.8 Å². The maximum absolute atomic E-state index is 4.15. The molecule has 0 spiro atoms. The summed E-state index contributed by atoms with van der Waals surface area (Å²) in [7, 11) is 0. The van der Waals surface area contributed by atoms with Gasteiger partial charge in [0.05, 0.1) is 5.52 Å². The molecule has 1 aliphatic rings. The number of aromatic nitrogens is 2. The molecule has 1 atom stereocenters. The Morgan fingerprint density at radius 2 is 2.44 bits per heavy atom. The molecule has 2 aromatic heterocycles. The van der Waals surface area contributed by atoms with E-state index in [2.05, 4.69) is 33.2 Å². The fourth-order valence-corrected chi connectivity index (χ4v) is 2.56. The van der Waals surface area contributed by atoms with E-state index < -0.39 is 0 Å². The first kappa shape index (κ1) is 9.85. The Morgan fingerprint density at radius 1 is 1.44 bits per heavy atom. The number of pyridine rings is 1. The molecule has 1 fully saturated rings. The molecule has 84 valence electrons. The normalized spacial score (nSPS) is 21.4. The van der Waals surface area contributed by atoms with Crippen molar-refractivity contribution in [1.29, 1.82) is 0 Å². The summed E-state index contributed by atoms with van der Waals surface area (Å²) in [6.07, 6.45) is 8.65. The Kier molecular flexibility index (Phi) is 2.62. The van der Waals surface area contributed by atoms with Gasteiger partial charge in [0, 0.05) is 30.5 Å². The van der Waals surface area contributed by atoms with Crippen molar-refractivity contribution in [2.75, 3.05) is 13.1 Å². The average Bonchev–Trinajstić information content (AvgIpc) is 2.74. The first-order valence-electron chi connectivity index (χ1n) is 6.03. The number of nitrogens with zero attached hydrogens (tertiary/aromatic N) is 2. The SMILES string of the molecule is c1cc2c(ccn2CC2CCCNC2)cn1. The average molecular weight is 215 g/mol. The highest BCUT2D eigenvalue weighted by molar-refractivity contribution is 5.78. The van der Waals surface area contributed by atoms with Gasteiger partial charge in [0.15, 0.2) is 0 Å². The number of hydrogen-bond donors (Lipinski definition) is 1. The Labute approximate surface area is 95.5 Å². The quantitative estimate of drug-likeness (QED) is 0.830. The van der Waals surface area contributed by atoms with Crippen molar-refractivity contribution < 1.29 is 0 Å². The van der Waals surface area contributed by atoms with Gasteiger partial charge in [0.1, 0.15) is 0 Å². The molecule has 0 radical (unpaired) electrons. The van der Waals surface area contributed by atoms with Crippen LogP contribution in [0.5, 0.6) is 0 Å². The highest BCUT2D eigenvalue weighted by atomic mass is 15.0. The van der Waals surface area contributed by atoms with Crippen LogP contribution in [-0.2, 0) is 6.54 Å². The summed E-state index contributed by atoms with van der Waals surface area (Å²) in [6.45, 7) is 3.47. The van der Waals surface area contributed by atoms with E-state index in [-0.39, 0.29) is 0 Å². The second kappa shape index (κ2) is 4.26. The van der Waals surface area contributed by atoms with Crippen molar-refractivity contribution in [3.05, 3.63) is 30.7 Å². The van der Waals surface area contributed by atoms with Gasteiger partial charge in [-0.25, -0.2) is 0 Å². The molecule has 0 saturated carbocycles. The van der Waals surface area contributed by atoms with E-state index in [1.165, 1.54) is 30.3 Å². The molecule has 2 aromatic rings. The molecule has 3 nitrogen and oxygen atoms in total. The highest BCUT2D eigenvalue weighted by Gasteiger charge is 2.14. The lowest BCUT2D eigenvalue weighted by molar-refractivity contribution is 0.341. The van der Waals surface area contributed by atoms with E-state index in [9.17, 15) is 0 Å². The molecule has 3 heteroatoms. The van der Waals surface area contributed by atoms with Gasteiger partial charge in [0.2, 0.25) is 0 Å². The number of hydrogen-bond acceptors (Lipinski definition) is 2. The van der Waals surface area contributed by atoms with Crippen molar-refractivity contribution in [2.24, 2.45) is 5.92 Å². The molecule has 0 amide bonds. The van der Waals surface area contributed by atoms with Gasteiger partial charge < -0.3 is 9.88 Å². The molecule has 3 rings (SSSR count). The van der Waals surface area contributed by atoms with Crippen molar-refractivity contribution >= 4 is 10.9 Å². The predicted octanol–water partition coefficient (Wildman–Crippen LogP) is 2.04. The van der Waals surface area contributed by atoms with Gasteiger partial charge in [-0.1, -0.05) is 0 Å². The third-order valence-electron chi connectivity index (χ3n) is 3.43. The second-order valence-electron chi connectivity index (χ2n) is 4.61. The van der Waals surface area contributed by atoms with Crippen LogP contribution < -0.4 is 5.32 Å². The maximum atomic E-state index is 4.15. The lowest BCUT2D eigenvalue weighted by atomic mass is 10.00. The number of nitrogens with one attached hydrogen (secondary N) is 1. The zero-order chi connectivity index (χ0) is 10.8. The van der Waals surface area contributed by atoms with Crippen molar-refractivity contribution in [1.82, 2.24) is 14.9 Å². The predicted molar refractivity (Wildman–Crippen MR) is 65.3 cm³/mol. The Balaban J connectivity index is 1.83. The highest BCUT2D eigenvalue weighted by Crippen LogP contribution is 2.18. The molecule has 1 N–H and O–H groups in total. The second-order valence-corrected chi connectivity index (χ2v) is 4.61. The van der Waals surface area contributed by atoms with Crippen LogP contribution in [-0.4, -0.2) is 22.6 Å². The smallest absolute Gasteiger partial charge is 0.0511 e. The molecule has 1 unspecified atom stereocenters. The first-order chi connectivity index (χ1) is 7.93. The Hall–Kier alpha value is -1.35. The van der Waals surface area contributed by atoms with Crippen molar-refractivity contribution in [2.45, 2.75) is 19.4 Å². The van der Waals surface area contributed by atoms with Gasteiger partial charge in [-0.3, -0.25) is 4.98 Å². The van der Waals surface area contributed by atoms with Gasteiger partial charge >= 0.3 is 0 Å². The summed E-state index contributed by atoms with van der Waals surface area (Å²) in [6, 6.07) is 4.25. The monoisotopic (exact) mass is 215 g/mol. The summed E-state index contributed by atoms with van der Waals surface area (Å²) in [4.78, 5) is 4.15. The van der Waals surface area contributed by atoms with Crippen LogP contribution in [0.25, 0.3) is 10.9 Å². The third-order valence-corrected chi connectivity index (χ3v) is 3.43. The number of fused-ring (bicyclic) bond motifs is 1. The molecular weight excluding hydrogens is 198 g/mol. The van der Waals surface area contributed by atoms with Crippen LogP contribution in [0.3, 0.4) is 0 Å². The zero-order valence-electron chi connectivity index (χ0n) is 9.39. The van der Waals surface area contributed by atoms with E-state index in [0.717, 1.165) is 19.0 Å². The van der Waals surface area contributed by atoms with Gasteiger partial charge in [0.25, 0.3) is 0 Å². The van der Waals surface area contributed by atoms with Gasteiger partial charge in [-0.15, -0.1) is 0 Å². The third kappa shape index (κ3) is 1.83. The van der Waals surface area contributed by atoms with Gasteiger partial charge in [-0.05, 0) is 44.0 Å². The number of piperidine rings is 1. The molecule has 3 heterocycles. The minimum atomic E-state index is 0.775. The molecule has 1 aliphatic heterocycles. The molecule has 0 aromatic carbocycles. The van der Waals surface area contributed by atoms with E-state index in [4.69, 9.17) is 0 Å². The Bertz CT molecular complexity index is 469. The molecule has 16 heavy (non-hydrogen) atoms. The van der Waals surface area contributed by atoms with E-state index in [1.54, 1.807) is 0 Å². The molecule has 0 aliphatic carbocycles. The fourth-order valence-electron chi connectivity index (χ4n) is 2.56. The number of rotatable bonds is 2. The lowest BCUT2D eigenvalue weighted by Gasteiger charge is -2.23. The van der Waals surface area contributed by atoms with Crippen LogP contribution in [0.15, 0.2) is 30.7 Å². The molecule has 1 saturated heterocycles. The molecular formula is C13H17N3. The summed E-state index contributed by atoms with van der Waals surface area (Å²) in [5, 5.41) is 4.71. The maximum Gasteiger partial charge on any atom is 0.0511 e. The largest absolute Gasteiger partial charge is 0.347 e. The standard InChI is InChI=1S/C13H17N3/c1-2-11(8-14-5-1)10-16-7-4-12-9-15-6-3-13(12)16/h3-4,6-7,9,11,14H,1-2,5,8,10H2. The molecule has 0 bridgehead atoms. The van der Waals surface area contributed by atoms with Crippen LogP contribution in [0.2, 0.25) is 0 Å². The summed E-state index contributed by atoms with van der Waals surface area (Å²) in [5.41, 5.74) is 1.31. The first-order valence-corrected chi connectivity index (χ1v) is 6.03. The van der Waals surface area contributed by atoms with Crippen LogP contribution in [0.4, 0.5) is 0 Å². The Morgan fingerprint density at radius 3 is 3.31 bits per heavy atom. The van der Waals surface area contributed by atoms with Gasteiger partial charge in [-0.2, -0.15) is 0 Å². The topological polar surface area (TPSA) is 29.9 Å². The fraction of sp³-hybridized carbons (Fsp3) is 0.462. The van der Waals surface area contributed by atoms with Crippen LogP contribution >= 0.6 is 0 Å². The lowest BCUT2D eigenvalue weighted by Crippen LogP contribution is -2.32. The van der Waals surface area contributed by atoms with Crippen molar-refractivity contribution in [3.8, 4) is 0 Å². The minimum Gasteiger partial charge on any atom is -0.347 e. The summed E-state index contributed by atoms with van der Waals surface area (Å²) < 4.78 is 2.36. The van der Waals surface area contributed by atoms with Crippen molar-refractivity contribution in [3.63, 3.8) is 0 Å².